The average Bonchev–Trinajstić information content (AvgIpc) is 1.68. The first kappa shape index (κ1) is 6.24. The summed E-state index contributed by atoms with van der Waals surface area (Å²) in [5.41, 5.74) is 0. The van der Waals surface area contributed by atoms with Gasteiger partial charge < -0.3 is 0 Å². The summed E-state index contributed by atoms with van der Waals surface area (Å²) in [4.78, 5) is 0. The van der Waals surface area contributed by atoms with Crippen LogP contribution in [0.25, 0.3) is 0 Å². The molecule has 0 aromatic carbocycles. The van der Waals surface area contributed by atoms with Gasteiger partial charge in [-0.1, -0.05) is 12.7 Å². The standard InChI is InChI=1S/C5H10N2/c1-3-5-7(6)4-2/h3-5H,2,6H2,1H3/b5-3-. The molecule has 0 bridgehead atoms. The highest BCUT2D eigenvalue weighted by molar-refractivity contribution is 4.80. The van der Waals surface area contributed by atoms with Crippen LogP contribution in [0.15, 0.2) is 25.1 Å². The highest BCUT2D eigenvalue weighted by atomic mass is 15.4. The topological polar surface area (TPSA) is 29.3 Å². The van der Waals surface area contributed by atoms with Crippen molar-refractivity contribution in [2.45, 2.75) is 6.92 Å². The third-order valence-electron chi connectivity index (χ3n) is 0.532. The van der Waals surface area contributed by atoms with E-state index in [4.69, 9.17) is 5.84 Å². The summed E-state index contributed by atoms with van der Waals surface area (Å²) in [6.45, 7) is 5.32. The van der Waals surface area contributed by atoms with E-state index in [1.807, 2.05) is 13.0 Å². The summed E-state index contributed by atoms with van der Waals surface area (Å²) < 4.78 is 0. The van der Waals surface area contributed by atoms with Crippen LogP contribution in [0.4, 0.5) is 0 Å². The van der Waals surface area contributed by atoms with Gasteiger partial charge >= 0.3 is 0 Å². The number of allylic oxidation sites excluding steroid dienone is 1. The lowest BCUT2D eigenvalue weighted by atomic mass is 10.7. The zero-order chi connectivity index (χ0) is 5.70. The van der Waals surface area contributed by atoms with Crippen LogP contribution in [0, 0.1) is 0 Å². The molecule has 0 aliphatic heterocycles. The van der Waals surface area contributed by atoms with Crippen molar-refractivity contribution in [1.29, 1.82) is 0 Å². The Morgan fingerprint density at radius 2 is 2.29 bits per heavy atom. The molecule has 0 spiro atoms. The highest BCUT2D eigenvalue weighted by Crippen LogP contribution is 1.75. The van der Waals surface area contributed by atoms with Gasteiger partial charge in [-0.3, -0.25) is 5.01 Å². The zero-order valence-corrected chi connectivity index (χ0v) is 4.46. The molecule has 7 heavy (non-hydrogen) atoms. The van der Waals surface area contributed by atoms with Crippen molar-refractivity contribution in [2.24, 2.45) is 5.84 Å². The maximum atomic E-state index is 5.21. The quantitative estimate of drug-likeness (QED) is 0.409. The summed E-state index contributed by atoms with van der Waals surface area (Å²) in [5.74, 6) is 5.21. The zero-order valence-electron chi connectivity index (χ0n) is 4.46. The Labute approximate surface area is 43.9 Å². The van der Waals surface area contributed by atoms with Crippen LogP contribution < -0.4 is 5.84 Å². The van der Waals surface area contributed by atoms with Crippen LogP contribution in [0.1, 0.15) is 6.92 Å². The van der Waals surface area contributed by atoms with Crippen LogP contribution in [0.3, 0.4) is 0 Å². The van der Waals surface area contributed by atoms with Crippen LogP contribution in [0.2, 0.25) is 0 Å². The fraction of sp³-hybridized carbons (Fsp3) is 0.200. The molecule has 0 aromatic rings. The predicted molar refractivity (Wildman–Crippen MR) is 31.0 cm³/mol. The molecule has 0 rings (SSSR count). The maximum absolute atomic E-state index is 5.21. The largest absolute Gasteiger partial charge is 0.295 e. The Kier molecular flexibility index (Phi) is 3.06. The smallest absolute Gasteiger partial charge is 0.0163 e. The van der Waals surface area contributed by atoms with Crippen LogP contribution in [0.5, 0.6) is 0 Å². The van der Waals surface area contributed by atoms with Gasteiger partial charge in [0.1, 0.15) is 0 Å². The van der Waals surface area contributed by atoms with E-state index in [1.54, 1.807) is 6.20 Å². The van der Waals surface area contributed by atoms with E-state index in [1.165, 1.54) is 11.2 Å². The Morgan fingerprint density at radius 3 is 2.43 bits per heavy atom. The van der Waals surface area contributed by atoms with Crippen LogP contribution in [-0.2, 0) is 0 Å². The van der Waals surface area contributed by atoms with Gasteiger partial charge in [-0.25, -0.2) is 5.84 Å². The highest BCUT2D eigenvalue weighted by Gasteiger charge is 1.71. The maximum Gasteiger partial charge on any atom is 0.0163 e. The second kappa shape index (κ2) is 3.43. The SMILES string of the molecule is C=CN(N)/C=C\C. The van der Waals surface area contributed by atoms with E-state index in [9.17, 15) is 0 Å². The minimum atomic E-state index is 1.39. The van der Waals surface area contributed by atoms with Gasteiger partial charge in [-0.05, 0) is 6.92 Å². The van der Waals surface area contributed by atoms with Gasteiger partial charge in [0.05, 0.1) is 0 Å². The molecule has 0 saturated heterocycles. The molecule has 0 aromatic heterocycles. The van der Waals surface area contributed by atoms with E-state index in [0.717, 1.165) is 0 Å². The molecule has 2 heteroatoms. The lowest BCUT2D eigenvalue weighted by molar-refractivity contribution is 0.541. The van der Waals surface area contributed by atoms with E-state index in [2.05, 4.69) is 6.58 Å². The number of hydrogen-bond donors (Lipinski definition) is 1. The molecule has 0 aliphatic rings. The first-order valence-corrected chi connectivity index (χ1v) is 2.09. The van der Waals surface area contributed by atoms with Crippen molar-refractivity contribution in [1.82, 2.24) is 5.01 Å². The van der Waals surface area contributed by atoms with Crippen molar-refractivity contribution in [3.8, 4) is 0 Å². The summed E-state index contributed by atoms with van der Waals surface area (Å²) in [6.07, 6.45) is 5.08. The number of nitrogens with two attached hydrogens (primary N) is 1. The molecule has 0 heterocycles. The second-order valence-corrected chi connectivity index (χ2v) is 1.11. The summed E-state index contributed by atoms with van der Waals surface area (Å²) in [6, 6.07) is 0. The minimum Gasteiger partial charge on any atom is -0.295 e. The van der Waals surface area contributed by atoms with Gasteiger partial charge in [0.25, 0.3) is 0 Å². The van der Waals surface area contributed by atoms with Gasteiger partial charge in [0.15, 0.2) is 0 Å². The molecule has 0 aliphatic carbocycles. The molecule has 0 amide bonds. The first-order valence-electron chi connectivity index (χ1n) is 2.09. The molecular formula is C5H10N2. The fourth-order valence-corrected chi connectivity index (χ4v) is 0.233. The second-order valence-electron chi connectivity index (χ2n) is 1.11. The van der Waals surface area contributed by atoms with E-state index in [-0.39, 0.29) is 0 Å². The van der Waals surface area contributed by atoms with Gasteiger partial charge in [-0.2, -0.15) is 0 Å². The Morgan fingerprint density at radius 1 is 1.71 bits per heavy atom. The number of hydrogen-bond acceptors (Lipinski definition) is 2. The predicted octanol–water partition coefficient (Wildman–Crippen LogP) is 0.839. The molecule has 0 fully saturated rings. The summed E-state index contributed by atoms with van der Waals surface area (Å²) in [5, 5.41) is 1.39. The van der Waals surface area contributed by atoms with Crippen molar-refractivity contribution < 1.29 is 0 Å². The van der Waals surface area contributed by atoms with Crippen molar-refractivity contribution in [3.63, 3.8) is 0 Å². The van der Waals surface area contributed by atoms with Crippen molar-refractivity contribution in [3.05, 3.63) is 25.1 Å². The van der Waals surface area contributed by atoms with Gasteiger partial charge in [-0.15, -0.1) is 0 Å². The summed E-state index contributed by atoms with van der Waals surface area (Å²) in [7, 11) is 0. The third kappa shape index (κ3) is 3.06. The normalized spacial score (nSPS) is 9.43. The van der Waals surface area contributed by atoms with Crippen LogP contribution in [-0.4, -0.2) is 5.01 Å². The number of nitrogens with zero attached hydrogens (tertiary/aromatic N) is 1. The molecular weight excluding hydrogens is 88.1 g/mol. The summed E-state index contributed by atoms with van der Waals surface area (Å²) >= 11 is 0. The molecule has 0 unspecified atom stereocenters. The van der Waals surface area contributed by atoms with Crippen molar-refractivity contribution >= 4 is 0 Å². The number of rotatable bonds is 2. The average molecular weight is 98.1 g/mol. The Balaban J connectivity index is 3.35. The molecule has 0 saturated carbocycles. The molecule has 0 radical (unpaired) electrons. The minimum absolute atomic E-state index is 1.39. The lowest BCUT2D eigenvalue weighted by Gasteiger charge is -2.02. The number of hydrazine groups is 1. The van der Waals surface area contributed by atoms with Crippen LogP contribution >= 0.6 is 0 Å². The fourth-order valence-electron chi connectivity index (χ4n) is 0.233. The van der Waals surface area contributed by atoms with Crippen molar-refractivity contribution in [2.75, 3.05) is 0 Å². The molecule has 2 nitrogen and oxygen atoms in total. The van der Waals surface area contributed by atoms with E-state index >= 15 is 0 Å². The molecule has 40 valence electrons. The van der Waals surface area contributed by atoms with E-state index < -0.39 is 0 Å². The van der Waals surface area contributed by atoms with Gasteiger partial charge in [0.2, 0.25) is 0 Å². The van der Waals surface area contributed by atoms with E-state index in [0.29, 0.717) is 0 Å². The molecule has 2 N–H and O–H groups in total. The Hall–Kier alpha value is -0.760. The Bertz CT molecular complexity index is 76.1. The third-order valence-corrected chi connectivity index (χ3v) is 0.532. The monoisotopic (exact) mass is 98.1 g/mol. The van der Waals surface area contributed by atoms with Gasteiger partial charge in [0, 0.05) is 12.4 Å². The first-order chi connectivity index (χ1) is 3.31. The molecule has 0 atom stereocenters. The lowest BCUT2D eigenvalue weighted by Crippen LogP contribution is -2.16.